The summed E-state index contributed by atoms with van der Waals surface area (Å²) in [6.45, 7) is 2.35. The molecule has 230 valence electrons. The molecule has 5 aromatic rings. The number of aryl methyl sites for hydroxylation is 1. The van der Waals surface area contributed by atoms with Crippen LogP contribution in [0.4, 0.5) is 10.8 Å². The van der Waals surface area contributed by atoms with Crippen molar-refractivity contribution in [3.63, 3.8) is 0 Å². The average Bonchev–Trinajstić information content (AvgIpc) is 3.65. The molecule has 0 bridgehead atoms. The number of non-ortho nitro benzene ring substituents is 1. The minimum Gasteiger partial charge on any atom is -0.507 e. The number of nitro benzene ring substituents is 1. The molecule has 1 saturated heterocycles. The SMILES string of the molecule is Cc1cccc(COc2ccc(C(O)=C3C(=O)C(=O)N(c4nnc(SCc5ccccc5)s4)C3c3cccc([N+](=O)[O-])c3)cc2)c1. The fraction of sp³-hybridized carbons (Fsp3) is 0.118. The monoisotopic (exact) mass is 650 g/mol. The topological polar surface area (TPSA) is 136 Å². The van der Waals surface area contributed by atoms with Gasteiger partial charge in [0.2, 0.25) is 5.13 Å². The smallest absolute Gasteiger partial charge is 0.301 e. The Morgan fingerprint density at radius 1 is 0.957 bits per heavy atom. The van der Waals surface area contributed by atoms with Gasteiger partial charge in [0.25, 0.3) is 11.5 Å². The summed E-state index contributed by atoms with van der Waals surface area (Å²) in [4.78, 5) is 39.3. The van der Waals surface area contributed by atoms with Crippen molar-refractivity contribution in [2.45, 2.75) is 29.7 Å². The van der Waals surface area contributed by atoms with Gasteiger partial charge in [-0.25, -0.2) is 0 Å². The zero-order chi connectivity index (χ0) is 32.2. The maximum atomic E-state index is 13.6. The molecule has 6 rings (SSSR count). The van der Waals surface area contributed by atoms with E-state index in [2.05, 4.69) is 10.2 Å². The second-order valence-electron chi connectivity index (χ2n) is 10.4. The predicted octanol–water partition coefficient (Wildman–Crippen LogP) is 7.25. The maximum Gasteiger partial charge on any atom is 0.301 e. The van der Waals surface area contributed by atoms with Gasteiger partial charge < -0.3 is 9.84 Å². The molecule has 2 heterocycles. The number of rotatable bonds is 10. The van der Waals surface area contributed by atoms with Crippen molar-refractivity contribution in [1.29, 1.82) is 0 Å². The number of anilines is 1. The number of nitro groups is 1. The van der Waals surface area contributed by atoms with Crippen LogP contribution in [-0.2, 0) is 21.9 Å². The fourth-order valence-electron chi connectivity index (χ4n) is 5.06. The number of amides is 1. The molecule has 0 spiro atoms. The Hall–Kier alpha value is -5.33. The molecule has 46 heavy (non-hydrogen) atoms. The Morgan fingerprint density at radius 3 is 2.43 bits per heavy atom. The highest BCUT2D eigenvalue weighted by atomic mass is 32.2. The predicted molar refractivity (Wildman–Crippen MR) is 176 cm³/mol. The zero-order valence-electron chi connectivity index (χ0n) is 24.4. The van der Waals surface area contributed by atoms with E-state index in [-0.39, 0.29) is 27.5 Å². The second kappa shape index (κ2) is 13.3. The van der Waals surface area contributed by atoms with Crippen molar-refractivity contribution >= 4 is 51.4 Å². The quantitative estimate of drug-likeness (QED) is 0.0315. The van der Waals surface area contributed by atoms with Gasteiger partial charge in [-0.3, -0.25) is 24.6 Å². The summed E-state index contributed by atoms with van der Waals surface area (Å²) in [5.41, 5.74) is 3.29. The third kappa shape index (κ3) is 6.53. The van der Waals surface area contributed by atoms with E-state index in [0.29, 0.717) is 22.4 Å². The Morgan fingerprint density at radius 2 is 1.70 bits per heavy atom. The number of ether oxygens (including phenoxy) is 1. The fourth-order valence-corrected chi connectivity index (χ4v) is 6.89. The molecule has 0 radical (unpaired) electrons. The molecule has 4 aromatic carbocycles. The van der Waals surface area contributed by atoms with Crippen molar-refractivity contribution in [2.75, 3.05) is 4.90 Å². The van der Waals surface area contributed by atoms with Crippen LogP contribution in [0.1, 0.15) is 33.9 Å². The number of nitrogens with zero attached hydrogens (tertiary/aromatic N) is 4. The zero-order valence-corrected chi connectivity index (χ0v) is 26.0. The van der Waals surface area contributed by atoms with Gasteiger partial charge in [0.1, 0.15) is 18.1 Å². The highest BCUT2D eigenvalue weighted by Crippen LogP contribution is 2.44. The number of aliphatic hydroxyl groups excluding tert-OH is 1. The lowest BCUT2D eigenvalue weighted by Gasteiger charge is -2.22. The number of carbonyl (C=O) groups is 2. The van der Waals surface area contributed by atoms with Crippen LogP contribution in [0.15, 0.2) is 113 Å². The van der Waals surface area contributed by atoms with Crippen LogP contribution in [0.5, 0.6) is 5.75 Å². The summed E-state index contributed by atoms with van der Waals surface area (Å²) < 4.78 is 6.46. The number of aromatic nitrogens is 2. The van der Waals surface area contributed by atoms with E-state index in [4.69, 9.17) is 4.74 Å². The lowest BCUT2D eigenvalue weighted by atomic mass is 9.95. The Balaban J connectivity index is 1.33. The summed E-state index contributed by atoms with van der Waals surface area (Å²) in [6, 6.07) is 28.6. The number of ketones is 1. The molecule has 1 N–H and O–H groups in total. The number of thioether (sulfide) groups is 1. The first-order valence-electron chi connectivity index (χ1n) is 14.1. The van der Waals surface area contributed by atoms with Crippen molar-refractivity contribution in [1.82, 2.24) is 10.2 Å². The average molecular weight is 651 g/mol. The first kappa shape index (κ1) is 30.7. The van der Waals surface area contributed by atoms with Gasteiger partial charge in [-0.2, -0.15) is 0 Å². The van der Waals surface area contributed by atoms with Gasteiger partial charge in [-0.15, -0.1) is 10.2 Å². The minimum absolute atomic E-state index is 0.133. The van der Waals surface area contributed by atoms with Crippen LogP contribution in [0, 0.1) is 17.0 Å². The molecule has 10 nitrogen and oxygen atoms in total. The molecule has 1 unspecified atom stereocenters. The van der Waals surface area contributed by atoms with E-state index in [1.807, 2.05) is 61.5 Å². The van der Waals surface area contributed by atoms with Gasteiger partial charge in [0, 0.05) is 23.4 Å². The molecule has 0 saturated carbocycles. The Kier molecular flexibility index (Phi) is 8.90. The van der Waals surface area contributed by atoms with Crippen LogP contribution in [0.3, 0.4) is 0 Å². The highest BCUT2D eigenvalue weighted by Gasteiger charge is 2.48. The van der Waals surface area contributed by atoms with Crippen LogP contribution in [-0.4, -0.2) is 31.9 Å². The standard InChI is InChI=1S/C34H26N4O6S2/c1-21-7-5-10-23(17-21)19-44-27-15-13-24(14-16-27)30(39)28-29(25-11-6-12-26(18-25)38(42)43)37(32(41)31(28)40)33-35-36-34(46-33)45-20-22-8-3-2-4-9-22/h2-18,29,39H,19-20H2,1H3. The van der Waals surface area contributed by atoms with E-state index in [0.717, 1.165) is 32.9 Å². The number of benzene rings is 4. The van der Waals surface area contributed by atoms with Gasteiger partial charge in [0.05, 0.1) is 16.5 Å². The molecule has 1 atom stereocenters. The summed E-state index contributed by atoms with van der Waals surface area (Å²) in [6.07, 6.45) is 0. The largest absolute Gasteiger partial charge is 0.507 e. The van der Waals surface area contributed by atoms with E-state index in [9.17, 15) is 24.8 Å². The highest BCUT2D eigenvalue weighted by molar-refractivity contribution is 8.00. The molecule has 12 heteroatoms. The van der Waals surface area contributed by atoms with E-state index in [1.165, 1.54) is 30.0 Å². The van der Waals surface area contributed by atoms with Crippen molar-refractivity contribution in [3.8, 4) is 5.75 Å². The Bertz CT molecular complexity index is 1960. The summed E-state index contributed by atoms with van der Waals surface area (Å²) in [7, 11) is 0. The summed E-state index contributed by atoms with van der Waals surface area (Å²) >= 11 is 2.55. The number of hydrogen-bond acceptors (Lipinski definition) is 10. The molecular formula is C34H26N4O6S2. The molecular weight excluding hydrogens is 625 g/mol. The van der Waals surface area contributed by atoms with E-state index in [1.54, 1.807) is 30.3 Å². The van der Waals surface area contributed by atoms with Crippen LogP contribution < -0.4 is 9.64 Å². The van der Waals surface area contributed by atoms with Crippen LogP contribution in [0.2, 0.25) is 0 Å². The molecule has 1 aliphatic heterocycles. The first-order valence-corrected chi connectivity index (χ1v) is 15.9. The minimum atomic E-state index is -1.18. The molecule has 1 fully saturated rings. The Labute approximate surface area is 272 Å². The number of carbonyl (C=O) groups excluding carboxylic acids is 2. The van der Waals surface area contributed by atoms with Gasteiger partial charge >= 0.3 is 5.91 Å². The normalized spacial score (nSPS) is 15.7. The number of hydrogen-bond donors (Lipinski definition) is 1. The molecule has 0 aliphatic carbocycles. The number of aliphatic hydroxyl groups is 1. The van der Waals surface area contributed by atoms with Gasteiger partial charge in [0.15, 0.2) is 4.34 Å². The van der Waals surface area contributed by atoms with Gasteiger partial charge in [-0.05, 0) is 47.9 Å². The summed E-state index contributed by atoms with van der Waals surface area (Å²) in [5.74, 6) is -1.13. The lowest BCUT2D eigenvalue weighted by molar-refractivity contribution is -0.384. The van der Waals surface area contributed by atoms with Crippen LogP contribution in [0.25, 0.3) is 5.76 Å². The second-order valence-corrected chi connectivity index (χ2v) is 12.6. The van der Waals surface area contributed by atoms with E-state index < -0.39 is 28.4 Å². The summed E-state index contributed by atoms with van der Waals surface area (Å²) in [5, 5.41) is 31.7. The first-order chi connectivity index (χ1) is 22.3. The third-order valence-corrected chi connectivity index (χ3v) is 9.39. The van der Waals surface area contributed by atoms with Gasteiger partial charge in [-0.1, -0.05) is 95.4 Å². The van der Waals surface area contributed by atoms with E-state index >= 15 is 0 Å². The maximum absolute atomic E-state index is 13.6. The van der Waals surface area contributed by atoms with Crippen molar-refractivity contribution in [3.05, 3.63) is 147 Å². The molecule has 1 aliphatic rings. The lowest BCUT2D eigenvalue weighted by Crippen LogP contribution is -2.29. The number of Topliss-reactive ketones (excluding diaryl/α,β-unsaturated/α-hetero) is 1. The molecule has 1 aromatic heterocycles. The molecule has 1 amide bonds. The van der Waals surface area contributed by atoms with Crippen molar-refractivity contribution < 1.29 is 24.4 Å². The van der Waals surface area contributed by atoms with Crippen molar-refractivity contribution in [2.24, 2.45) is 0 Å². The third-order valence-electron chi connectivity index (χ3n) is 7.26. The van der Waals surface area contributed by atoms with Crippen LogP contribution >= 0.6 is 23.1 Å².